The standard InChI is InChI=1S/C29H34N6O5/c1-30-27(37)25(12-9-16-36)34-19-21-18-23(13-14-24(21)29(34)39)40-17-8-3-2-7-15-31-28(38)26-32-20-35(33-26)22-10-5-4-6-11-22/h4-6,10-11,13-14,16,18,20,25H,2-3,7-9,12,15,17,19H2,1H3,(H,30,37)(H,31,38). The number of carbonyl (C=O) groups is 4. The first kappa shape index (κ1) is 28.5. The molecule has 1 aliphatic heterocycles. The summed E-state index contributed by atoms with van der Waals surface area (Å²) >= 11 is 0. The highest BCUT2D eigenvalue weighted by Crippen LogP contribution is 2.29. The van der Waals surface area contributed by atoms with Crippen molar-refractivity contribution in [2.24, 2.45) is 0 Å². The Kier molecular flexibility index (Phi) is 9.98. The number of hydrogen-bond donors (Lipinski definition) is 2. The van der Waals surface area contributed by atoms with Crippen LogP contribution in [-0.4, -0.2) is 69.9 Å². The molecule has 0 fully saturated rings. The van der Waals surface area contributed by atoms with E-state index in [0.29, 0.717) is 31.0 Å². The molecule has 0 saturated carbocycles. The van der Waals surface area contributed by atoms with Crippen LogP contribution in [-0.2, 0) is 16.1 Å². The van der Waals surface area contributed by atoms with Crippen LogP contribution in [0.15, 0.2) is 54.9 Å². The Balaban J connectivity index is 1.14. The lowest BCUT2D eigenvalue weighted by molar-refractivity contribution is -0.125. The number of para-hydroxylation sites is 1. The van der Waals surface area contributed by atoms with E-state index in [0.717, 1.165) is 43.2 Å². The Bertz CT molecular complexity index is 1330. The molecule has 11 nitrogen and oxygen atoms in total. The number of ether oxygens (including phenoxy) is 1. The fourth-order valence-corrected chi connectivity index (χ4v) is 4.61. The quantitative estimate of drug-likeness (QED) is 0.221. The zero-order valence-electron chi connectivity index (χ0n) is 22.5. The monoisotopic (exact) mass is 546 g/mol. The number of unbranched alkanes of at least 4 members (excludes halogenated alkanes) is 3. The number of rotatable bonds is 15. The van der Waals surface area contributed by atoms with Crippen molar-refractivity contribution >= 4 is 24.0 Å². The Morgan fingerprint density at radius 2 is 1.90 bits per heavy atom. The van der Waals surface area contributed by atoms with Gasteiger partial charge in [-0.3, -0.25) is 14.4 Å². The summed E-state index contributed by atoms with van der Waals surface area (Å²) in [6, 6.07) is 14.1. The first-order chi connectivity index (χ1) is 19.5. The van der Waals surface area contributed by atoms with Gasteiger partial charge in [0.15, 0.2) is 0 Å². The first-order valence-corrected chi connectivity index (χ1v) is 13.5. The van der Waals surface area contributed by atoms with Crippen LogP contribution in [0.25, 0.3) is 5.69 Å². The third kappa shape index (κ3) is 7.10. The number of benzene rings is 2. The summed E-state index contributed by atoms with van der Waals surface area (Å²) in [4.78, 5) is 53.9. The second-order valence-electron chi connectivity index (χ2n) is 9.49. The van der Waals surface area contributed by atoms with Crippen molar-refractivity contribution in [2.75, 3.05) is 20.2 Å². The molecule has 1 aliphatic rings. The average Bonchev–Trinajstić information content (AvgIpc) is 3.60. The lowest BCUT2D eigenvalue weighted by Gasteiger charge is -2.25. The van der Waals surface area contributed by atoms with E-state index in [2.05, 4.69) is 20.7 Å². The van der Waals surface area contributed by atoms with Gasteiger partial charge in [-0.05, 0) is 55.2 Å². The number of aromatic nitrogens is 3. The minimum Gasteiger partial charge on any atom is -0.494 e. The van der Waals surface area contributed by atoms with Crippen molar-refractivity contribution in [1.29, 1.82) is 0 Å². The maximum absolute atomic E-state index is 12.9. The number of likely N-dealkylation sites (N-methyl/N-ethyl adjacent to an activating group) is 1. The third-order valence-corrected chi connectivity index (χ3v) is 6.73. The van der Waals surface area contributed by atoms with Crippen molar-refractivity contribution in [1.82, 2.24) is 30.3 Å². The number of amides is 3. The maximum Gasteiger partial charge on any atom is 0.290 e. The van der Waals surface area contributed by atoms with Gasteiger partial charge >= 0.3 is 0 Å². The number of nitrogens with one attached hydrogen (secondary N) is 2. The van der Waals surface area contributed by atoms with Crippen molar-refractivity contribution in [3.05, 3.63) is 71.8 Å². The highest BCUT2D eigenvalue weighted by molar-refractivity contribution is 6.01. The van der Waals surface area contributed by atoms with Crippen molar-refractivity contribution in [3.63, 3.8) is 0 Å². The van der Waals surface area contributed by atoms with E-state index in [9.17, 15) is 19.2 Å². The summed E-state index contributed by atoms with van der Waals surface area (Å²) in [5.74, 6) is 0.0223. The number of aldehydes is 1. The fourth-order valence-electron chi connectivity index (χ4n) is 4.61. The highest BCUT2D eigenvalue weighted by atomic mass is 16.5. The molecule has 0 aliphatic carbocycles. The predicted octanol–water partition coefficient (Wildman–Crippen LogP) is 2.69. The van der Waals surface area contributed by atoms with Gasteiger partial charge in [-0.2, -0.15) is 0 Å². The second kappa shape index (κ2) is 14.0. The molecule has 4 rings (SSSR count). The average molecular weight is 547 g/mol. The molecule has 210 valence electrons. The molecule has 3 aromatic rings. The molecule has 0 radical (unpaired) electrons. The molecular weight excluding hydrogens is 512 g/mol. The van der Waals surface area contributed by atoms with Crippen LogP contribution in [0.1, 0.15) is 65.1 Å². The van der Waals surface area contributed by atoms with Gasteiger partial charge in [0, 0.05) is 32.1 Å². The Morgan fingerprint density at radius 3 is 2.67 bits per heavy atom. The van der Waals surface area contributed by atoms with E-state index < -0.39 is 6.04 Å². The van der Waals surface area contributed by atoms with Gasteiger partial charge in [-0.1, -0.05) is 31.0 Å². The third-order valence-electron chi connectivity index (χ3n) is 6.73. The van der Waals surface area contributed by atoms with Gasteiger partial charge in [-0.15, -0.1) is 5.10 Å². The first-order valence-electron chi connectivity index (χ1n) is 13.5. The van der Waals surface area contributed by atoms with E-state index in [1.54, 1.807) is 16.8 Å². The molecule has 1 aromatic heterocycles. The molecule has 0 spiro atoms. The Morgan fingerprint density at radius 1 is 1.10 bits per heavy atom. The molecule has 2 N–H and O–H groups in total. The molecule has 0 bridgehead atoms. The topological polar surface area (TPSA) is 136 Å². The van der Waals surface area contributed by atoms with Gasteiger partial charge in [0.25, 0.3) is 11.8 Å². The maximum atomic E-state index is 12.9. The second-order valence-corrected chi connectivity index (χ2v) is 9.49. The number of carbonyl (C=O) groups excluding carboxylic acids is 4. The zero-order chi connectivity index (χ0) is 28.3. The molecule has 3 amide bonds. The SMILES string of the molecule is CNC(=O)C(CCC=O)N1Cc2cc(OCCCCCCNC(=O)c3ncn(-c4ccccc4)n3)ccc2C1=O. The van der Waals surface area contributed by atoms with Crippen molar-refractivity contribution in [3.8, 4) is 11.4 Å². The van der Waals surface area contributed by atoms with Crippen LogP contribution in [0.3, 0.4) is 0 Å². The summed E-state index contributed by atoms with van der Waals surface area (Å²) in [7, 11) is 1.52. The summed E-state index contributed by atoms with van der Waals surface area (Å²) < 4.78 is 7.46. The number of fused-ring (bicyclic) bond motifs is 1. The summed E-state index contributed by atoms with van der Waals surface area (Å²) in [6.45, 7) is 1.37. The lowest BCUT2D eigenvalue weighted by Crippen LogP contribution is -2.46. The number of nitrogens with zero attached hydrogens (tertiary/aromatic N) is 4. The molecular formula is C29H34N6O5. The van der Waals surface area contributed by atoms with Gasteiger partial charge in [0.1, 0.15) is 24.4 Å². The van der Waals surface area contributed by atoms with Gasteiger partial charge in [0.05, 0.1) is 12.3 Å². The fraction of sp³-hybridized carbons (Fsp3) is 0.379. The predicted molar refractivity (Wildman–Crippen MR) is 147 cm³/mol. The minimum absolute atomic E-state index is 0.140. The molecule has 11 heteroatoms. The summed E-state index contributed by atoms with van der Waals surface area (Å²) in [5.41, 5.74) is 2.20. The molecule has 2 aromatic carbocycles. The largest absolute Gasteiger partial charge is 0.494 e. The highest BCUT2D eigenvalue weighted by Gasteiger charge is 2.35. The van der Waals surface area contributed by atoms with E-state index in [-0.39, 0.29) is 36.4 Å². The Labute approximate surface area is 232 Å². The normalized spacial score (nSPS) is 13.0. The molecule has 2 heterocycles. The lowest BCUT2D eigenvalue weighted by atomic mass is 10.1. The smallest absolute Gasteiger partial charge is 0.290 e. The van der Waals surface area contributed by atoms with Gasteiger partial charge in [0.2, 0.25) is 11.7 Å². The van der Waals surface area contributed by atoms with Gasteiger partial charge in [-0.25, -0.2) is 9.67 Å². The molecule has 1 unspecified atom stereocenters. The van der Waals surface area contributed by atoms with Crippen molar-refractivity contribution in [2.45, 2.75) is 51.1 Å². The van der Waals surface area contributed by atoms with Crippen LogP contribution in [0.5, 0.6) is 5.75 Å². The van der Waals surface area contributed by atoms with E-state index in [4.69, 9.17) is 4.74 Å². The zero-order valence-corrected chi connectivity index (χ0v) is 22.5. The van der Waals surface area contributed by atoms with E-state index in [1.165, 1.54) is 18.3 Å². The van der Waals surface area contributed by atoms with Crippen LogP contribution in [0, 0.1) is 0 Å². The van der Waals surface area contributed by atoms with Crippen molar-refractivity contribution < 1.29 is 23.9 Å². The molecule has 40 heavy (non-hydrogen) atoms. The summed E-state index contributed by atoms with van der Waals surface area (Å²) in [6.07, 6.45) is 6.33. The van der Waals surface area contributed by atoms with E-state index >= 15 is 0 Å². The molecule has 0 saturated heterocycles. The summed E-state index contributed by atoms with van der Waals surface area (Å²) in [5, 5.41) is 9.68. The minimum atomic E-state index is -0.688. The van der Waals surface area contributed by atoms with E-state index in [1.807, 2.05) is 36.4 Å². The Hall–Kier alpha value is -4.54. The van der Waals surface area contributed by atoms with Crippen LogP contribution >= 0.6 is 0 Å². The number of hydrogen-bond acceptors (Lipinski definition) is 7. The van der Waals surface area contributed by atoms with Crippen LogP contribution in [0.4, 0.5) is 0 Å². The molecule has 1 atom stereocenters. The van der Waals surface area contributed by atoms with Crippen LogP contribution < -0.4 is 15.4 Å². The van der Waals surface area contributed by atoms with Gasteiger partial charge < -0.3 is 25.1 Å². The van der Waals surface area contributed by atoms with Crippen LogP contribution in [0.2, 0.25) is 0 Å².